The van der Waals surface area contributed by atoms with Crippen LogP contribution in [0.2, 0.25) is 0 Å². The summed E-state index contributed by atoms with van der Waals surface area (Å²) in [7, 11) is 1.59. The van der Waals surface area contributed by atoms with Gasteiger partial charge < -0.3 is 9.64 Å². The topological polar surface area (TPSA) is 49.9 Å². The minimum atomic E-state index is -0.191. The van der Waals surface area contributed by atoms with Crippen molar-refractivity contribution in [3.63, 3.8) is 0 Å². The number of hydrogen-bond acceptors (Lipinski definition) is 4. The number of imide groups is 1. The second-order valence-electron chi connectivity index (χ2n) is 6.59. The monoisotopic (exact) mass is 342 g/mol. The zero-order valence-electron chi connectivity index (χ0n) is 15.1. The molecule has 1 aromatic carbocycles. The molecule has 2 amide bonds. The van der Waals surface area contributed by atoms with Crippen molar-refractivity contribution in [3.05, 3.63) is 35.5 Å². The molecule has 5 nitrogen and oxygen atoms in total. The Morgan fingerprint density at radius 1 is 1.04 bits per heavy atom. The Morgan fingerprint density at radius 2 is 1.76 bits per heavy atom. The van der Waals surface area contributed by atoms with Gasteiger partial charge in [-0.25, -0.2) is 0 Å². The Bertz CT molecular complexity index is 690. The molecule has 2 heterocycles. The highest BCUT2D eigenvalue weighted by atomic mass is 16.5. The van der Waals surface area contributed by atoms with Crippen LogP contribution in [0.15, 0.2) is 30.0 Å². The van der Waals surface area contributed by atoms with Crippen LogP contribution >= 0.6 is 0 Å². The first-order chi connectivity index (χ1) is 12.2. The molecule has 1 saturated heterocycles. The lowest BCUT2D eigenvalue weighted by molar-refractivity contribution is -0.137. The van der Waals surface area contributed by atoms with Gasteiger partial charge in [-0.3, -0.25) is 14.5 Å². The number of nitrogens with zero attached hydrogens (tertiary/aromatic N) is 2. The standard InChI is InChI=1S/C20H26N2O3/c1-3-4-14-22-19(23)17(15-10-6-7-11-16(15)25-2)18(20(22)24)21-12-8-5-9-13-21/h6-7,10-11H,3-5,8-9,12-14H2,1-2H3. The molecule has 0 aliphatic carbocycles. The number of carbonyl (C=O) groups is 2. The van der Waals surface area contributed by atoms with Gasteiger partial charge in [0.2, 0.25) is 0 Å². The third kappa shape index (κ3) is 3.28. The first kappa shape index (κ1) is 17.5. The number of methoxy groups -OCH3 is 1. The molecule has 0 bridgehead atoms. The number of piperidine rings is 1. The van der Waals surface area contributed by atoms with Gasteiger partial charge in [0.15, 0.2) is 0 Å². The van der Waals surface area contributed by atoms with Gasteiger partial charge in [-0.05, 0) is 31.7 Å². The molecule has 2 aliphatic rings. The number of benzene rings is 1. The molecular weight excluding hydrogens is 316 g/mol. The minimum absolute atomic E-state index is 0.152. The van der Waals surface area contributed by atoms with Crippen LogP contribution in [0.5, 0.6) is 5.75 Å². The van der Waals surface area contributed by atoms with E-state index in [1.807, 2.05) is 24.3 Å². The summed E-state index contributed by atoms with van der Waals surface area (Å²) >= 11 is 0. The van der Waals surface area contributed by atoms with E-state index in [0.29, 0.717) is 29.1 Å². The van der Waals surface area contributed by atoms with E-state index in [2.05, 4.69) is 11.8 Å². The van der Waals surface area contributed by atoms with Crippen LogP contribution in [0, 0.1) is 0 Å². The van der Waals surface area contributed by atoms with Crippen LogP contribution in [-0.4, -0.2) is 48.4 Å². The van der Waals surface area contributed by atoms with Gasteiger partial charge >= 0.3 is 0 Å². The lowest BCUT2D eigenvalue weighted by Gasteiger charge is -2.29. The Hall–Kier alpha value is -2.30. The first-order valence-electron chi connectivity index (χ1n) is 9.17. The molecule has 0 saturated carbocycles. The van der Waals surface area contributed by atoms with Crippen molar-refractivity contribution in [2.24, 2.45) is 0 Å². The number of carbonyl (C=O) groups excluding carboxylic acids is 2. The van der Waals surface area contributed by atoms with E-state index in [-0.39, 0.29) is 11.8 Å². The van der Waals surface area contributed by atoms with Gasteiger partial charge in [-0.1, -0.05) is 31.5 Å². The van der Waals surface area contributed by atoms with Crippen LogP contribution in [0.1, 0.15) is 44.6 Å². The average molecular weight is 342 g/mol. The summed E-state index contributed by atoms with van der Waals surface area (Å²) < 4.78 is 5.46. The van der Waals surface area contributed by atoms with Gasteiger partial charge in [0.25, 0.3) is 11.8 Å². The quantitative estimate of drug-likeness (QED) is 0.746. The first-order valence-corrected chi connectivity index (χ1v) is 9.17. The van der Waals surface area contributed by atoms with E-state index < -0.39 is 0 Å². The van der Waals surface area contributed by atoms with Gasteiger partial charge in [0.05, 0.1) is 12.7 Å². The summed E-state index contributed by atoms with van der Waals surface area (Å²) in [5.74, 6) is 0.287. The normalized spacial score (nSPS) is 18.3. The van der Waals surface area contributed by atoms with Gasteiger partial charge in [-0.2, -0.15) is 0 Å². The maximum absolute atomic E-state index is 13.1. The van der Waals surface area contributed by atoms with E-state index in [1.54, 1.807) is 7.11 Å². The number of likely N-dealkylation sites (tertiary alicyclic amines) is 1. The van der Waals surface area contributed by atoms with Crippen LogP contribution in [-0.2, 0) is 9.59 Å². The van der Waals surface area contributed by atoms with Crippen molar-refractivity contribution in [3.8, 4) is 5.75 Å². The Labute approximate surface area is 149 Å². The summed E-state index contributed by atoms with van der Waals surface area (Å²) in [5, 5.41) is 0. The number of amides is 2. The fourth-order valence-corrected chi connectivity index (χ4v) is 3.59. The highest BCUT2D eigenvalue weighted by molar-refractivity contribution is 6.36. The predicted molar refractivity (Wildman–Crippen MR) is 97.0 cm³/mol. The molecule has 0 atom stereocenters. The minimum Gasteiger partial charge on any atom is -0.496 e. The van der Waals surface area contributed by atoms with Gasteiger partial charge in [-0.15, -0.1) is 0 Å². The molecule has 1 aromatic rings. The molecular formula is C20H26N2O3. The van der Waals surface area contributed by atoms with Crippen molar-refractivity contribution < 1.29 is 14.3 Å². The number of hydrogen-bond donors (Lipinski definition) is 0. The maximum atomic E-state index is 13.1. The number of rotatable bonds is 6. The summed E-state index contributed by atoms with van der Waals surface area (Å²) in [5.41, 5.74) is 1.77. The van der Waals surface area contributed by atoms with E-state index in [9.17, 15) is 9.59 Å². The van der Waals surface area contributed by atoms with Crippen molar-refractivity contribution in [2.45, 2.75) is 39.0 Å². The molecule has 5 heteroatoms. The van der Waals surface area contributed by atoms with Crippen LogP contribution in [0.3, 0.4) is 0 Å². The van der Waals surface area contributed by atoms with Crippen molar-refractivity contribution in [1.29, 1.82) is 0 Å². The molecule has 2 aliphatic heterocycles. The molecule has 1 fully saturated rings. The van der Waals surface area contributed by atoms with Gasteiger partial charge in [0, 0.05) is 25.2 Å². The molecule has 0 N–H and O–H groups in total. The number of unbranched alkanes of at least 4 members (excludes halogenated alkanes) is 1. The zero-order valence-corrected chi connectivity index (χ0v) is 15.1. The molecule has 25 heavy (non-hydrogen) atoms. The van der Waals surface area contributed by atoms with E-state index in [0.717, 1.165) is 38.8 Å². The second kappa shape index (κ2) is 7.72. The summed E-state index contributed by atoms with van der Waals surface area (Å²) in [6.07, 6.45) is 5.05. The Balaban J connectivity index is 2.07. The lowest BCUT2D eigenvalue weighted by Crippen LogP contribution is -2.37. The molecule has 3 rings (SSSR count). The molecule has 134 valence electrons. The van der Waals surface area contributed by atoms with Crippen LogP contribution < -0.4 is 4.74 Å². The van der Waals surface area contributed by atoms with Gasteiger partial charge in [0.1, 0.15) is 11.4 Å². The number of para-hydroxylation sites is 1. The van der Waals surface area contributed by atoms with Crippen LogP contribution in [0.25, 0.3) is 5.57 Å². The third-order valence-electron chi connectivity index (χ3n) is 4.93. The summed E-state index contributed by atoms with van der Waals surface area (Å²) in [4.78, 5) is 29.7. The predicted octanol–water partition coefficient (Wildman–Crippen LogP) is 3.06. The van der Waals surface area contributed by atoms with Crippen molar-refractivity contribution in [2.75, 3.05) is 26.7 Å². The molecule has 0 unspecified atom stereocenters. The highest BCUT2D eigenvalue weighted by Crippen LogP contribution is 2.37. The fourth-order valence-electron chi connectivity index (χ4n) is 3.59. The Morgan fingerprint density at radius 3 is 2.44 bits per heavy atom. The van der Waals surface area contributed by atoms with E-state index in [4.69, 9.17) is 4.74 Å². The lowest BCUT2D eigenvalue weighted by atomic mass is 10.0. The molecule has 0 spiro atoms. The summed E-state index contributed by atoms with van der Waals surface area (Å²) in [6.45, 7) is 4.19. The average Bonchev–Trinajstić information content (AvgIpc) is 2.90. The van der Waals surface area contributed by atoms with Crippen molar-refractivity contribution in [1.82, 2.24) is 9.80 Å². The Kier molecular flexibility index (Phi) is 5.41. The van der Waals surface area contributed by atoms with E-state index in [1.165, 1.54) is 11.3 Å². The van der Waals surface area contributed by atoms with Crippen LogP contribution in [0.4, 0.5) is 0 Å². The SMILES string of the molecule is CCCCN1C(=O)C(c2ccccc2OC)=C(N2CCCCC2)C1=O. The fraction of sp³-hybridized carbons (Fsp3) is 0.500. The highest BCUT2D eigenvalue weighted by Gasteiger charge is 2.42. The second-order valence-corrected chi connectivity index (χ2v) is 6.59. The molecule has 0 radical (unpaired) electrons. The van der Waals surface area contributed by atoms with Crippen molar-refractivity contribution >= 4 is 17.4 Å². The zero-order chi connectivity index (χ0) is 17.8. The number of ether oxygens (including phenoxy) is 1. The smallest absolute Gasteiger partial charge is 0.277 e. The molecule has 0 aromatic heterocycles. The third-order valence-corrected chi connectivity index (χ3v) is 4.93. The largest absolute Gasteiger partial charge is 0.496 e. The van der Waals surface area contributed by atoms with E-state index >= 15 is 0 Å². The maximum Gasteiger partial charge on any atom is 0.277 e. The summed E-state index contributed by atoms with van der Waals surface area (Å²) in [6, 6.07) is 7.46.